The summed E-state index contributed by atoms with van der Waals surface area (Å²) in [6.07, 6.45) is 5.26. The van der Waals surface area contributed by atoms with E-state index >= 15 is 0 Å². The summed E-state index contributed by atoms with van der Waals surface area (Å²) >= 11 is 0. The van der Waals surface area contributed by atoms with Crippen LogP contribution in [0, 0.1) is 12.8 Å². The van der Waals surface area contributed by atoms with E-state index in [4.69, 9.17) is 4.74 Å². The van der Waals surface area contributed by atoms with Crippen molar-refractivity contribution in [1.29, 1.82) is 0 Å². The molecular formula is C16H26N4O2. The SMILES string of the molecule is Cc1nccnc1NC[C@@H]1CCCN(C(=O)OC(C)(C)C)C1. The molecule has 1 fully saturated rings. The Morgan fingerprint density at radius 2 is 2.14 bits per heavy atom. The van der Waals surface area contributed by atoms with Crippen LogP contribution >= 0.6 is 0 Å². The first-order valence-corrected chi connectivity index (χ1v) is 7.84. The van der Waals surface area contributed by atoms with Crippen molar-refractivity contribution in [2.24, 2.45) is 5.92 Å². The van der Waals surface area contributed by atoms with Gasteiger partial charge in [0.25, 0.3) is 0 Å². The number of likely N-dealkylation sites (tertiary alicyclic amines) is 1. The van der Waals surface area contributed by atoms with Gasteiger partial charge in [-0.05, 0) is 46.5 Å². The smallest absolute Gasteiger partial charge is 0.410 e. The third kappa shape index (κ3) is 4.86. The molecule has 1 aromatic heterocycles. The van der Waals surface area contributed by atoms with Crippen LogP contribution in [-0.2, 0) is 4.74 Å². The monoisotopic (exact) mass is 306 g/mol. The summed E-state index contributed by atoms with van der Waals surface area (Å²) in [5, 5.41) is 3.34. The first kappa shape index (κ1) is 16.5. The van der Waals surface area contributed by atoms with E-state index in [-0.39, 0.29) is 6.09 Å². The summed E-state index contributed by atoms with van der Waals surface area (Å²) < 4.78 is 5.45. The Kier molecular flexibility index (Phi) is 5.21. The lowest BCUT2D eigenvalue weighted by atomic mass is 9.98. The molecule has 1 saturated heterocycles. The minimum Gasteiger partial charge on any atom is -0.444 e. The van der Waals surface area contributed by atoms with Crippen molar-refractivity contribution in [1.82, 2.24) is 14.9 Å². The molecule has 0 aromatic carbocycles. The summed E-state index contributed by atoms with van der Waals surface area (Å²) in [4.78, 5) is 22.5. The Hall–Kier alpha value is -1.85. The Morgan fingerprint density at radius 1 is 1.41 bits per heavy atom. The molecular weight excluding hydrogens is 280 g/mol. The van der Waals surface area contributed by atoms with Crippen molar-refractivity contribution in [2.45, 2.75) is 46.1 Å². The van der Waals surface area contributed by atoms with Gasteiger partial charge in [-0.2, -0.15) is 0 Å². The number of ether oxygens (including phenoxy) is 1. The first-order valence-electron chi connectivity index (χ1n) is 7.84. The van der Waals surface area contributed by atoms with E-state index in [1.807, 2.05) is 32.6 Å². The van der Waals surface area contributed by atoms with Crippen LogP contribution < -0.4 is 5.32 Å². The van der Waals surface area contributed by atoms with Crippen molar-refractivity contribution in [3.8, 4) is 0 Å². The van der Waals surface area contributed by atoms with E-state index in [0.717, 1.165) is 44.0 Å². The van der Waals surface area contributed by atoms with Gasteiger partial charge in [-0.15, -0.1) is 0 Å². The molecule has 122 valence electrons. The molecule has 0 saturated carbocycles. The van der Waals surface area contributed by atoms with Gasteiger partial charge in [0.05, 0.1) is 5.69 Å². The minimum absolute atomic E-state index is 0.215. The second kappa shape index (κ2) is 6.94. The van der Waals surface area contributed by atoms with Crippen molar-refractivity contribution in [2.75, 3.05) is 25.0 Å². The number of hydrogen-bond donors (Lipinski definition) is 1. The highest BCUT2D eigenvalue weighted by Crippen LogP contribution is 2.20. The molecule has 0 aliphatic carbocycles. The van der Waals surface area contributed by atoms with Crippen molar-refractivity contribution in [3.63, 3.8) is 0 Å². The number of rotatable bonds is 3. The number of hydrogen-bond acceptors (Lipinski definition) is 5. The quantitative estimate of drug-likeness (QED) is 0.930. The molecule has 6 nitrogen and oxygen atoms in total. The van der Waals surface area contributed by atoms with Gasteiger partial charge in [0, 0.05) is 32.0 Å². The molecule has 6 heteroatoms. The van der Waals surface area contributed by atoms with Crippen LogP contribution in [0.4, 0.5) is 10.6 Å². The number of aryl methyl sites for hydroxylation is 1. The fourth-order valence-corrected chi connectivity index (χ4v) is 2.55. The number of carbonyl (C=O) groups is 1. The lowest BCUT2D eigenvalue weighted by molar-refractivity contribution is 0.0172. The van der Waals surface area contributed by atoms with Gasteiger partial charge in [-0.25, -0.2) is 9.78 Å². The van der Waals surface area contributed by atoms with E-state index < -0.39 is 5.60 Å². The van der Waals surface area contributed by atoms with Gasteiger partial charge in [-0.1, -0.05) is 0 Å². The maximum absolute atomic E-state index is 12.1. The minimum atomic E-state index is -0.445. The number of amides is 1. The predicted octanol–water partition coefficient (Wildman–Crippen LogP) is 2.84. The summed E-state index contributed by atoms with van der Waals surface area (Å²) in [5.41, 5.74) is 0.446. The van der Waals surface area contributed by atoms with Gasteiger partial charge >= 0.3 is 6.09 Å². The second-order valence-corrected chi connectivity index (χ2v) is 6.81. The third-order valence-corrected chi connectivity index (χ3v) is 3.61. The topological polar surface area (TPSA) is 67.4 Å². The first-order chi connectivity index (χ1) is 10.3. The molecule has 0 unspecified atom stereocenters. The van der Waals surface area contributed by atoms with Crippen LogP contribution in [-0.4, -0.2) is 46.2 Å². The van der Waals surface area contributed by atoms with Crippen molar-refractivity contribution >= 4 is 11.9 Å². The Balaban J connectivity index is 1.86. The van der Waals surface area contributed by atoms with Gasteiger partial charge in [-0.3, -0.25) is 4.98 Å². The van der Waals surface area contributed by atoms with Gasteiger partial charge in [0.2, 0.25) is 0 Å². The lowest BCUT2D eigenvalue weighted by Crippen LogP contribution is -2.44. The molecule has 2 heterocycles. The molecule has 1 amide bonds. The van der Waals surface area contributed by atoms with Crippen LogP contribution in [0.1, 0.15) is 39.3 Å². The fourth-order valence-electron chi connectivity index (χ4n) is 2.55. The number of piperidine rings is 1. The normalized spacial score (nSPS) is 18.9. The molecule has 1 aliphatic heterocycles. The zero-order valence-corrected chi connectivity index (χ0v) is 13.9. The van der Waals surface area contributed by atoms with E-state index in [1.54, 1.807) is 12.4 Å². The highest BCUT2D eigenvalue weighted by molar-refractivity contribution is 5.68. The molecule has 0 bridgehead atoms. The molecule has 1 aliphatic rings. The van der Waals surface area contributed by atoms with E-state index in [1.165, 1.54) is 0 Å². The summed E-state index contributed by atoms with van der Waals surface area (Å²) in [7, 11) is 0. The van der Waals surface area contributed by atoms with Gasteiger partial charge in [0.15, 0.2) is 0 Å². The standard InChI is InChI=1S/C16H26N4O2/c1-12-14(18-8-7-17-12)19-10-13-6-5-9-20(11-13)15(21)22-16(2,3)4/h7-8,13H,5-6,9-11H2,1-4H3,(H,18,19)/t13-/m0/s1. The molecule has 2 rings (SSSR count). The number of aromatic nitrogens is 2. The van der Waals surface area contributed by atoms with Crippen LogP contribution in [0.25, 0.3) is 0 Å². The lowest BCUT2D eigenvalue weighted by Gasteiger charge is -2.34. The number of nitrogens with one attached hydrogen (secondary N) is 1. The summed E-state index contributed by atoms with van der Waals surface area (Å²) in [5.74, 6) is 1.22. The highest BCUT2D eigenvalue weighted by atomic mass is 16.6. The van der Waals surface area contributed by atoms with Crippen LogP contribution in [0.2, 0.25) is 0 Å². The van der Waals surface area contributed by atoms with Gasteiger partial charge in [0.1, 0.15) is 11.4 Å². The van der Waals surface area contributed by atoms with E-state index in [9.17, 15) is 4.79 Å². The number of carbonyl (C=O) groups excluding carboxylic acids is 1. The third-order valence-electron chi connectivity index (χ3n) is 3.61. The van der Waals surface area contributed by atoms with Crippen LogP contribution in [0.15, 0.2) is 12.4 Å². The van der Waals surface area contributed by atoms with E-state index in [0.29, 0.717) is 5.92 Å². The maximum atomic E-state index is 12.1. The molecule has 1 N–H and O–H groups in total. The van der Waals surface area contributed by atoms with Crippen molar-refractivity contribution < 1.29 is 9.53 Å². The number of nitrogens with zero attached hydrogens (tertiary/aromatic N) is 3. The fraction of sp³-hybridized carbons (Fsp3) is 0.688. The van der Waals surface area contributed by atoms with Gasteiger partial charge < -0.3 is 15.0 Å². The Labute approximate surface area is 132 Å². The Morgan fingerprint density at radius 3 is 2.82 bits per heavy atom. The van der Waals surface area contributed by atoms with Crippen LogP contribution in [0.3, 0.4) is 0 Å². The number of anilines is 1. The molecule has 1 atom stereocenters. The molecule has 0 spiro atoms. The Bertz CT molecular complexity index is 513. The van der Waals surface area contributed by atoms with Crippen molar-refractivity contribution in [3.05, 3.63) is 18.1 Å². The average molecular weight is 306 g/mol. The summed E-state index contributed by atoms with van der Waals surface area (Å²) in [6.45, 7) is 9.90. The molecule has 1 aromatic rings. The molecule has 22 heavy (non-hydrogen) atoms. The maximum Gasteiger partial charge on any atom is 0.410 e. The summed E-state index contributed by atoms with van der Waals surface area (Å²) in [6, 6.07) is 0. The second-order valence-electron chi connectivity index (χ2n) is 6.81. The molecule has 0 radical (unpaired) electrons. The van der Waals surface area contributed by atoms with Crippen LogP contribution in [0.5, 0.6) is 0 Å². The van der Waals surface area contributed by atoms with E-state index in [2.05, 4.69) is 15.3 Å². The zero-order valence-electron chi connectivity index (χ0n) is 13.9. The average Bonchev–Trinajstić information content (AvgIpc) is 2.45. The highest BCUT2D eigenvalue weighted by Gasteiger charge is 2.27. The largest absolute Gasteiger partial charge is 0.444 e. The predicted molar refractivity (Wildman–Crippen MR) is 85.8 cm³/mol. The zero-order chi connectivity index (χ0) is 16.2.